The van der Waals surface area contributed by atoms with Crippen LogP contribution < -0.4 is 4.74 Å². The predicted octanol–water partition coefficient (Wildman–Crippen LogP) is 2.81. The minimum Gasteiger partial charge on any atom is -0.497 e. The highest BCUT2D eigenvalue weighted by molar-refractivity contribution is 5.88. The molecule has 1 heterocycles. The summed E-state index contributed by atoms with van der Waals surface area (Å²) >= 11 is 0. The molecule has 0 saturated carbocycles. The molecule has 0 aliphatic rings. The number of aromatic nitrogens is 3. The molecule has 162 valence electrons. The number of ether oxygens (including phenoxy) is 2. The molecule has 0 radical (unpaired) electrons. The third kappa shape index (κ3) is 4.53. The Labute approximate surface area is 178 Å². The van der Waals surface area contributed by atoms with Crippen LogP contribution >= 0.6 is 0 Å². The van der Waals surface area contributed by atoms with Gasteiger partial charge < -0.3 is 14.6 Å². The summed E-state index contributed by atoms with van der Waals surface area (Å²) in [6.45, 7) is 3.49. The monoisotopic (exact) mass is 426 g/mol. The van der Waals surface area contributed by atoms with Crippen molar-refractivity contribution in [1.29, 1.82) is 0 Å². The maximum atomic E-state index is 12.4. The average Bonchev–Trinajstić information content (AvgIpc) is 3.17. The van der Waals surface area contributed by atoms with Crippen LogP contribution in [0.1, 0.15) is 45.9 Å². The van der Waals surface area contributed by atoms with E-state index in [-0.39, 0.29) is 35.8 Å². The Bertz CT molecular complexity index is 1090. The minimum atomic E-state index is -1.52. The Kier molecular flexibility index (Phi) is 6.61. The second-order valence-electron chi connectivity index (χ2n) is 6.72. The first-order valence-electron chi connectivity index (χ1n) is 9.52. The van der Waals surface area contributed by atoms with E-state index in [4.69, 9.17) is 9.47 Å². The SMILES string of the molecule is CCOC(=O)c1nnn(Cc2ccc(OC)cc2)c1C(O)c1cccc(C)c1[N+](=O)[O-]. The Morgan fingerprint density at radius 2 is 1.97 bits per heavy atom. The molecule has 3 aromatic rings. The van der Waals surface area contributed by atoms with E-state index < -0.39 is 17.0 Å². The van der Waals surface area contributed by atoms with Gasteiger partial charge in [0.05, 0.1) is 30.7 Å². The molecule has 0 aliphatic heterocycles. The second-order valence-corrected chi connectivity index (χ2v) is 6.72. The van der Waals surface area contributed by atoms with Gasteiger partial charge in [-0.05, 0) is 37.6 Å². The fraction of sp³-hybridized carbons (Fsp3) is 0.286. The Balaban J connectivity index is 2.10. The van der Waals surface area contributed by atoms with Crippen LogP contribution in [0.4, 0.5) is 5.69 Å². The van der Waals surface area contributed by atoms with Gasteiger partial charge in [0.15, 0.2) is 5.69 Å². The lowest BCUT2D eigenvalue weighted by molar-refractivity contribution is -0.386. The molecule has 1 atom stereocenters. The number of aliphatic hydroxyl groups is 1. The third-order valence-electron chi connectivity index (χ3n) is 4.74. The number of rotatable bonds is 8. The van der Waals surface area contributed by atoms with Crippen LogP contribution in [-0.2, 0) is 11.3 Å². The summed E-state index contributed by atoms with van der Waals surface area (Å²) in [5, 5.41) is 30.7. The number of esters is 1. The molecule has 0 bridgehead atoms. The number of benzene rings is 2. The molecular formula is C21H22N4O6. The van der Waals surface area contributed by atoms with Crippen molar-refractivity contribution in [3.63, 3.8) is 0 Å². The molecule has 10 nitrogen and oxygen atoms in total. The van der Waals surface area contributed by atoms with E-state index in [1.54, 1.807) is 57.4 Å². The zero-order valence-corrected chi connectivity index (χ0v) is 17.3. The number of hydrogen-bond acceptors (Lipinski definition) is 8. The van der Waals surface area contributed by atoms with Gasteiger partial charge >= 0.3 is 5.97 Å². The number of carbonyl (C=O) groups excluding carboxylic acids is 1. The number of aryl methyl sites for hydroxylation is 1. The average molecular weight is 426 g/mol. The summed E-state index contributed by atoms with van der Waals surface area (Å²) in [4.78, 5) is 23.5. The molecule has 0 saturated heterocycles. The first-order chi connectivity index (χ1) is 14.9. The lowest BCUT2D eigenvalue weighted by Gasteiger charge is -2.15. The highest BCUT2D eigenvalue weighted by atomic mass is 16.6. The Morgan fingerprint density at radius 3 is 2.58 bits per heavy atom. The number of para-hydroxylation sites is 1. The molecule has 3 rings (SSSR count). The van der Waals surface area contributed by atoms with Gasteiger partial charge in [0, 0.05) is 5.56 Å². The van der Waals surface area contributed by atoms with Crippen molar-refractivity contribution >= 4 is 11.7 Å². The molecule has 0 amide bonds. The number of aliphatic hydroxyl groups excluding tert-OH is 1. The molecule has 10 heteroatoms. The Morgan fingerprint density at radius 1 is 1.26 bits per heavy atom. The molecule has 1 aromatic heterocycles. The first kappa shape index (κ1) is 21.9. The first-order valence-corrected chi connectivity index (χ1v) is 9.52. The van der Waals surface area contributed by atoms with Crippen molar-refractivity contribution in [1.82, 2.24) is 15.0 Å². The zero-order valence-electron chi connectivity index (χ0n) is 17.3. The fourth-order valence-corrected chi connectivity index (χ4v) is 3.26. The predicted molar refractivity (Wildman–Crippen MR) is 110 cm³/mol. The number of carbonyl (C=O) groups is 1. The van der Waals surface area contributed by atoms with E-state index in [1.165, 1.54) is 10.7 Å². The number of nitro benzene ring substituents is 1. The van der Waals surface area contributed by atoms with Gasteiger partial charge in [-0.3, -0.25) is 10.1 Å². The van der Waals surface area contributed by atoms with Crippen LogP contribution in [0, 0.1) is 17.0 Å². The summed E-state index contributed by atoms with van der Waals surface area (Å²) in [7, 11) is 1.56. The van der Waals surface area contributed by atoms with Gasteiger partial charge in [-0.2, -0.15) is 0 Å². The van der Waals surface area contributed by atoms with Gasteiger partial charge in [-0.15, -0.1) is 5.10 Å². The van der Waals surface area contributed by atoms with Crippen molar-refractivity contribution in [2.75, 3.05) is 13.7 Å². The number of nitro groups is 1. The van der Waals surface area contributed by atoms with Crippen molar-refractivity contribution in [2.45, 2.75) is 26.5 Å². The van der Waals surface area contributed by atoms with Crippen LogP contribution in [0.5, 0.6) is 5.75 Å². The minimum absolute atomic E-state index is 0.0166. The number of hydrogen-bond donors (Lipinski definition) is 1. The Hall–Kier alpha value is -3.79. The maximum Gasteiger partial charge on any atom is 0.360 e. The fourth-order valence-electron chi connectivity index (χ4n) is 3.26. The molecule has 1 unspecified atom stereocenters. The lowest BCUT2D eigenvalue weighted by Crippen LogP contribution is -2.17. The molecular weight excluding hydrogens is 404 g/mol. The molecule has 2 aromatic carbocycles. The van der Waals surface area contributed by atoms with Gasteiger partial charge in [0.2, 0.25) is 0 Å². The number of methoxy groups -OCH3 is 1. The van der Waals surface area contributed by atoms with Crippen LogP contribution in [0.25, 0.3) is 0 Å². The van der Waals surface area contributed by atoms with Crippen LogP contribution in [0.15, 0.2) is 42.5 Å². The second kappa shape index (κ2) is 9.35. The van der Waals surface area contributed by atoms with E-state index >= 15 is 0 Å². The van der Waals surface area contributed by atoms with Gasteiger partial charge in [-0.1, -0.05) is 29.5 Å². The molecule has 0 spiro atoms. The summed E-state index contributed by atoms with van der Waals surface area (Å²) in [6.07, 6.45) is -1.52. The van der Waals surface area contributed by atoms with Crippen molar-refractivity contribution in [3.05, 3.63) is 80.7 Å². The summed E-state index contributed by atoms with van der Waals surface area (Å²) in [5.74, 6) is -0.0990. The quantitative estimate of drug-likeness (QED) is 0.331. The smallest absolute Gasteiger partial charge is 0.360 e. The van der Waals surface area contributed by atoms with E-state index in [2.05, 4.69) is 10.3 Å². The van der Waals surface area contributed by atoms with E-state index in [1.807, 2.05) is 0 Å². The normalized spacial score (nSPS) is 11.7. The molecule has 0 fully saturated rings. The third-order valence-corrected chi connectivity index (χ3v) is 4.74. The summed E-state index contributed by atoms with van der Waals surface area (Å²) in [6, 6.07) is 11.7. The van der Waals surface area contributed by atoms with E-state index in [0.29, 0.717) is 11.3 Å². The molecule has 0 aliphatic carbocycles. The summed E-state index contributed by atoms with van der Waals surface area (Å²) < 4.78 is 11.5. The van der Waals surface area contributed by atoms with E-state index in [9.17, 15) is 20.0 Å². The highest BCUT2D eigenvalue weighted by Gasteiger charge is 2.32. The van der Waals surface area contributed by atoms with Crippen LogP contribution in [0.3, 0.4) is 0 Å². The standard InChI is InChI=1S/C21H22N4O6/c1-4-31-21(27)17-19(20(26)16-7-5-6-13(2)18(16)25(28)29)24(23-22-17)12-14-8-10-15(30-3)11-9-14/h5-11,20,26H,4,12H2,1-3H3. The van der Waals surface area contributed by atoms with Crippen molar-refractivity contribution in [3.8, 4) is 5.75 Å². The number of nitrogens with zero attached hydrogens (tertiary/aromatic N) is 4. The van der Waals surface area contributed by atoms with Gasteiger partial charge in [0.1, 0.15) is 17.5 Å². The molecule has 1 N–H and O–H groups in total. The van der Waals surface area contributed by atoms with Gasteiger partial charge in [0.25, 0.3) is 5.69 Å². The molecule has 31 heavy (non-hydrogen) atoms. The van der Waals surface area contributed by atoms with E-state index in [0.717, 1.165) is 5.56 Å². The van der Waals surface area contributed by atoms with Crippen LogP contribution in [0.2, 0.25) is 0 Å². The highest BCUT2D eigenvalue weighted by Crippen LogP contribution is 2.33. The maximum absolute atomic E-state index is 12.4. The zero-order chi connectivity index (χ0) is 22.5. The van der Waals surface area contributed by atoms with Crippen molar-refractivity contribution < 1.29 is 24.3 Å². The summed E-state index contributed by atoms with van der Waals surface area (Å²) in [5.41, 5.74) is 0.805. The lowest BCUT2D eigenvalue weighted by atomic mass is 9.99. The van der Waals surface area contributed by atoms with Crippen molar-refractivity contribution in [2.24, 2.45) is 0 Å². The topological polar surface area (TPSA) is 130 Å². The van der Waals surface area contributed by atoms with Crippen LogP contribution in [-0.4, -0.2) is 44.7 Å². The largest absolute Gasteiger partial charge is 0.497 e. The van der Waals surface area contributed by atoms with Gasteiger partial charge in [-0.25, -0.2) is 9.48 Å².